The zero-order valence-electron chi connectivity index (χ0n) is 36.0. The van der Waals surface area contributed by atoms with Crippen molar-refractivity contribution in [3.8, 4) is 0 Å². The van der Waals surface area contributed by atoms with Crippen LogP contribution in [0.3, 0.4) is 0 Å². The van der Waals surface area contributed by atoms with Crippen LogP contribution in [0.15, 0.2) is 191 Å². The molecule has 2 aromatic heterocycles. The lowest BCUT2D eigenvalue weighted by molar-refractivity contribution is 0.590. The zero-order chi connectivity index (χ0) is 42.3. The number of para-hydroxylation sites is 2. The van der Waals surface area contributed by atoms with Crippen LogP contribution in [-0.4, -0.2) is 0 Å². The maximum atomic E-state index is 6.86. The van der Waals surface area contributed by atoms with E-state index in [1.807, 2.05) is 0 Å². The van der Waals surface area contributed by atoms with Gasteiger partial charge in [-0.1, -0.05) is 114 Å². The molecular weight excluding hydrogens is 757 g/mol. The number of hydrogen-bond acceptors (Lipinski definition) is 4. The van der Waals surface area contributed by atoms with Gasteiger partial charge in [-0.3, -0.25) is 0 Å². The van der Waals surface area contributed by atoms with E-state index >= 15 is 0 Å². The molecule has 302 valence electrons. The van der Waals surface area contributed by atoms with Crippen molar-refractivity contribution in [2.24, 2.45) is 0 Å². The van der Waals surface area contributed by atoms with E-state index in [2.05, 4.69) is 233 Å². The second-order valence-corrected chi connectivity index (χ2v) is 18.7. The van der Waals surface area contributed by atoms with E-state index in [9.17, 15) is 0 Å². The van der Waals surface area contributed by atoms with Crippen LogP contribution in [0.4, 0.5) is 34.1 Å². The second kappa shape index (κ2) is 14.1. The lowest BCUT2D eigenvalue weighted by atomic mass is 9.87. The summed E-state index contributed by atoms with van der Waals surface area (Å²) in [5, 5.41) is 8.75. The van der Waals surface area contributed by atoms with Crippen molar-refractivity contribution in [3.05, 3.63) is 193 Å². The van der Waals surface area contributed by atoms with Crippen LogP contribution in [0.5, 0.6) is 0 Å². The van der Waals surface area contributed by atoms with Gasteiger partial charge in [0.15, 0.2) is 0 Å². The van der Waals surface area contributed by atoms with E-state index in [0.717, 1.165) is 99.5 Å². The Bertz CT molecular complexity index is 3460. The molecule has 0 bridgehead atoms. The van der Waals surface area contributed by atoms with Crippen molar-refractivity contribution in [1.29, 1.82) is 0 Å². The van der Waals surface area contributed by atoms with Crippen LogP contribution >= 0.6 is 0 Å². The monoisotopic (exact) mass is 804 g/mol. The molecule has 0 amide bonds. The van der Waals surface area contributed by atoms with Crippen molar-refractivity contribution in [1.82, 2.24) is 0 Å². The molecule has 0 aliphatic rings. The summed E-state index contributed by atoms with van der Waals surface area (Å²) in [5.41, 5.74) is 12.8. The standard InChI is InChI=1S/C58H48N2O2/c1-57(2,3)41-19-25-45(26-20-41)59(43-13-9-7-10-14-43)47-23-17-37-33-50-49-29-30-52-55(56(49)62-53(50)35-39(37)31-47)51-34-38-18-24-48(32-40(38)36-54(51)61-52)60(44-15-11-8-12-16-44)46-27-21-42(22-28-46)58(4,5)6/h7-36H,1-6H3. The smallest absolute Gasteiger partial charge is 0.147 e. The summed E-state index contributed by atoms with van der Waals surface area (Å²) >= 11 is 0. The molecular formula is C58H48N2O2. The molecule has 0 spiro atoms. The van der Waals surface area contributed by atoms with Gasteiger partial charge in [0.1, 0.15) is 22.3 Å². The predicted molar refractivity (Wildman–Crippen MR) is 263 cm³/mol. The molecule has 0 N–H and O–H groups in total. The average molecular weight is 805 g/mol. The lowest BCUT2D eigenvalue weighted by Crippen LogP contribution is -2.13. The van der Waals surface area contributed by atoms with Gasteiger partial charge in [-0.25, -0.2) is 0 Å². The van der Waals surface area contributed by atoms with Crippen LogP contribution in [0.2, 0.25) is 0 Å². The Labute approximate surface area is 362 Å². The summed E-state index contributed by atoms with van der Waals surface area (Å²) in [6, 6.07) is 65.7. The van der Waals surface area contributed by atoms with E-state index in [4.69, 9.17) is 8.83 Å². The highest BCUT2D eigenvalue weighted by Gasteiger charge is 2.21. The molecule has 4 nitrogen and oxygen atoms in total. The number of rotatable bonds is 6. The highest BCUT2D eigenvalue weighted by Crippen LogP contribution is 2.44. The van der Waals surface area contributed by atoms with Crippen LogP contribution in [0.1, 0.15) is 52.7 Å². The van der Waals surface area contributed by atoms with Crippen molar-refractivity contribution in [3.63, 3.8) is 0 Å². The van der Waals surface area contributed by atoms with Crippen molar-refractivity contribution < 1.29 is 8.83 Å². The fourth-order valence-electron chi connectivity index (χ4n) is 9.10. The maximum absolute atomic E-state index is 6.86. The Morgan fingerprint density at radius 2 is 0.758 bits per heavy atom. The van der Waals surface area contributed by atoms with Crippen molar-refractivity contribution in [2.45, 2.75) is 52.4 Å². The van der Waals surface area contributed by atoms with Gasteiger partial charge in [0, 0.05) is 50.3 Å². The van der Waals surface area contributed by atoms with Gasteiger partial charge in [0.2, 0.25) is 0 Å². The molecule has 9 aromatic carbocycles. The number of fused-ring (bicyclic) bond motifs is 9. The number of hydrogen-bond donors (Lipinski definition) is 0. The van der Waals surface area contributed by atoms with Gasteiger partial charge in [0.25, 0.3) is 0 Å². The summed E-state index contributed by atoms with van der Waals surface area (Å²) in [7, 11) is 0. The molecule has 11 rings (SSSR count). The van der Waals surface area contributed by atoms with E-state index in [0.29, 0.717) is 0 Å². The Balaban J connectivity index is 1.01. The Morgan fingerprint density at radius 3 is 1.24 bits per heavy atom. The summed E-state index contributed by atoms with van der Waals surface area (Å²) in [4.78, 5) is 4.65. The molecule has 0 saturated carbocycles. The predicted octanol–water partition coefficient (Wildman–Crippen LogP) is 17.3. The topological polar surface area (TPSA) is 32.8 Å². The largest absolute Gasteiger partial charge is 0.456 e. The molecule has 11 aromatic rings. The van der Waals surface area contributed by atoms with Crippen LogP contribution in [-0.2, 0) is 10.8 Å². The normalized spacial score (nSPS) is 12.4. The first-order valence-electron chi connectivity index (χ1n) is 21.6. The summed E-state index contributed by atoms with van der Waals surface area (Å²) in [6.45, 7) is 13.5. The van der Waals surface area contributed by atoms with Crippen molar-refractivity contribution >= 4 is 99.5 Å². The molecule has 2 heterocycles. The molecule has 0 aliphatic carbocycles. The summed E-state index contributed by atoms with van der Waals surface area (Å²) < 4.78 is 13.5. The first-order valence-corrected chi connectivity index (χ1v) is 21.6. The fraction of sp³-hybridized carbons (Fsp3) is 0.138. The molecule has 0 aliphatic heterocycles. The Morgan fingerprint density at radius 1 is 0.323 bits per heavy atom. The average Bonchev–Trinajstić information content (AvgIpc) is 3.82. The molecule has 0 fully saturated rings. The van der Waals surface area contributed by atoms with E-state index in [1.54, 1.807) is 0 Å². The van der Waals surface area contributed by atoms with Crippen LogP contribution < -0.4 is 9.80 Å². The molecule has 0 saturated heterocycles. The maximum Gasteiger partial charge on any atom is 0.147 e. The van der Waals surface area contributed by atoms with Crippen molar-refractivity contribution in [2.75, 3.05) is 9.80 Å². The summed E-state index contributed by atoms with van der Waals surface area (Å²) in [6.07, 6.45) is 0. The third-order valence-electron chi connectivity index (χ3n) is 12.5. The Kier molecular flexibility index (Phi) is 8.59. The molecule has 0 unspecified atom stereocenters. The number of furan rings is 2. The molecule has 0 radical (unpaired) electrons. The highest BCUT2D eigenvalue weighted by atomic mass is 16.3. The number of benzene rings is 9. The van der Waals surface area contributed by atoms with Gasteiger partial charge < -0.3 is 18.6 Å². The van der Waals surface area contributed by atoms with Crippen LogP contribution in [0.25, 0.3) is 65.4 Å². The first kappa shape index (κ1) is 37.7. The van der Waals surface area contributed by atoms with E-state index in [1.165, 1.54) is 11.1 Å². The minimum absolute atomic E-state index is 0.0779. The lowest BCUT2D eigenvalue weighted by Gasteiger charge is -2.27. The first-order chi connectivity index (χ1) is 30.0. The minimum atomic E-state index is 0.0779. The Hall–Kier alpha value is -7.30. The third-order valence-corrected chi connectivity index (χ3v) is 12.5. The van der Waals surface area contributed by atoms with Crippen LogP contribution in [0, 0.1) is 0 Å². The van der Waals surface area contributed by atoms with E-state index < -0.39 is 0 Å². The molecule has 4 heteroatoms. The van der Waals surface area contributed by atoms with Gasteiger partial charge in [-0.05, 0) is 153 Å². The molecule has 0 atom stereocenters. The summed E-state index contributed by atoms with van der Waals surface area (Å²) in [5.74, 6) is 0. The third kappa shape index (κ3) is 6.46. The van der Waals surface area contributed by atoms with Gasteiger partial charge >= 0.3 is 0 Å². The number of anilines is 6. The zero-order valence-corrected chi connectivity index (χ0v) is 36.0. The van der Waals surface area contributed by atoms with Gasteiger partial charge in [0.05, 0.1) is 5.39 Å². The number of nitrogens with zero attached hydrogens (tertiary/aromatic N) is 2. The van der Waals surface area contributed by atoms with Gasteiger partial charge in [-0.15, -0.1) is 0 Å². The quantitative estimate of drug-likeness (QED) is 0.168. The van der Waals surface area contributed by atoms with E-state index in [-0.39, 0.29) is 10.8 Å². The fourth-order valence-corrected chi connectivity index (χ4v) is 9.10. The molecule has 62 heavy (non-hydrogen) atoms. The minimum Gasteiger partial charge on any atom is -0.456 e. The SMILES string of the molecule is CC(C)(C)c1ccc(N(c2ccccc2)c2ccc3cc4c(cc3c2)oc2c4ccc3oc4cc5cc(N(c6ccccc6)c6ccc(C(C)(C)C)cc6)ccc5cc4c32)cc1. The van der Waals surface area contributed by atoms with Gasteiger partial charge in [-0.2, -0.15) is 0 Å². The highest BCUT2D eigenvalue weighted by molar-refractivity contribution is 6.24. The second-order valence-electron chi connectivity index (χ2n) is 18.7.